The minimum absolute atomic E-state index is 0.183. The highest BCUT2D eigenvalue weighted by molar-refractivity contribution is 7.80. The van der Waals surface area contributed by atoms with Crippen LogP contribution in [0.25, 0.3) is 0 Å². The summed E-state index contributed by atoms with van der Waals surface area (Å²) in [4.78, 5) is 19.7. The molecule has 9 heteroatoms. The van der Waals surface area contributed by atoms with Crippen molar-refractivity contribution in [1.82, 2.24) is 10.6 Å². The van der Waals surface area contributed by atoms with Crippen LogP contribution in [0, 0.1) is 5.92 Å². The minimum Gasteiger partial charge on any atom is -0.362 e. The van der Waals surface area contributed by atoms with E-state index in [2.05, 4.69) is 10.6 Å². The molecule has 2 unspecified atom stereocenters. The molecule has 1 amide bonds. The van der Waals surface area contributed by atoms with E-state index in [1.54, 1.807) is 18.0 Å². The summed E-state index contributed by atoms with van der Waals surface area (Å²) in [6.45, 7) is 0.581. The van der Waals surface area contributed by atoms with Crippen LogP contribution < -0.4 is 15.5 Å². The number of nitrogens with one attached hydrogen (secondary N) is 2. The van der Waals surface area contributed by atoms with Gasteiger partial charge in [0, 0.05) is 40.2 Å². The first-order valence-electron chi connectivity index (χ1n) is 10.8. The Morgan fingerprint density at radius 2 is 1.97 bits per heavy atom. The molecule has 2 aromatic rings. The number of benzene rings is 2. The highest BCUT2D eigenvalue weighted by Gasteiger charge is 2.33. The molecular weight excluding hydrogens is 511 g/mol. The fourth-order valence-corrected chi connectivity index (χ4v) is 4.84. The van der Waals surface area contributed by atoms with Crippen molar-refractivity contribution < 1.29 is 4.79 Å². The van der Waals surface area contributed by atoms with Crippen molar-refractivity contribution in [3.05, 3.63) is 86.9 Å². The third-order valence-corrected chi connectivity index (χ3v) is 6.83. The summed E-state index contributed by atoms with van der Waals surface area (Å²) in [6.07, 6.45) is 6.29. The number of rotatable bonds is 5. The third kappa shape index (κ3) is 5.63. The molecule has 34 heavy (non-hydrogen) atoms. The van der Waals surface area contributed by atoms with Crippen LogP contribution in [0.15, 0.2) is 70.7 Å². The Balaban J connectivity index is 1.56. The van der Waals surface area contributed by atoms with E-state index in [0.717, 1.165) is 23.2 Å². The summed E-state index contributed by atoms with van der Waals surface area (Å²) in [5.41, 5.74) is 3.28. The van der Waals surface area contributed by atoms with Crippen LogP contribution in [0.3, 0.4) is 0 Å². The van der Waals surface area contributed by atoms with Crippen LogP contribution >= 0.6 is 47.0 Å². The fourth-order valence-electron chi connectivity index (χ4n) is 3.98. The normalized spacial score (nSPS) is 19.6. The van der Waals surface area contributed by atoms with Crippen LogP contribution in [0.4, 0.5) is 5.69 Å². The number of carbonyl (C=O) groups is 1. The second-order valence-electron chi connectivity index (χ2n) is 8.02. The number of allylic oxidation sites excluding steroid dienone is 4. The van der Waals surface area contributed by atoms with Crippen LogP contribution in [-0.2, 0) is 11.2 Å². The molecule has 4 rings (SSSR count). The van der Waals surface area contributed by atoms with Gasteiger partial charge in [0.25, 0.3) is 5.91 Å². The van der Waals surface area contributed by atoms with Gasteiger partial charge in [0.05, 0.1) is 11.4 Å². The van der Waals surface area contributed by atoms with Gasteiger partial charge in [-0.1, -0.05) is 59.1 Å². The van der Waals surface area contributed by atoms with Crippen molar-refractivity contribution in [2.24, 2.45) is 10.9 Å². The quantitative estimate of drug-likeness (QED) is 0.499. The average Bonchev–Trinajstić information content (AvgIpc) is 2.90. The molecule has 0 radical (unpaired) electrons. The maximum atomic E-state index is 13.3. The van der Waals surface area contributed by atoms with Crippen molar-refractivity contribution >= 4 is 69.4 Å². The highest BCUT2D eigenvalue weighted by atomic mass is 35.5. The predicted octanol–water partition coefficient (Wildman–Crippen LogP) is 5.49. The predicted molar refractivity (Wildman–Crippen MR) is 145 cm³/mol. The van der Waals surface area contributed by atoms with E-state index in [4.69, 9.17) is 52.0 Å². The molecule has 1 aliphatic heterocycles. The standard InChI is InChI=1S/C25H23Cl3N4OS/c1-32-21-10-9-17(27)14-19(21)22(18-7-2-3-8-20(18)28)30-23(24(32)33)31-25(34)29-12-11-15-5-4-6-16(26)13-15/h2-6,8-10,13-14,18,23H,7,11-12H2,1H3,(H2,29,31,34). The number of nitrogens with zero attached hydrogens (tertiary/aromatic N) is 2. The number of aliphatic imine (C=N–C) groups is 1. The monoisotopic (exact) mass is 532 g/mol. The van der Waals surface area contributed by atoms with E-state index in [9.17, 15) is 4.79 Å². The van der Waals surface area contributed by atoms with E-state index in [1.807, 2.05) is 54.6 Å². The van der Waals surface area contributed by atoms with E-state index in [-0.39, 0.29) is 11.8 Å². The summed E-state index contributed by atoms with van der Waals surface area (Å²) in [7, 11) is 1.72. The molecule has 1 aliphatic carbocycles. The second-order valence-corrected chi connectivity index (χ2v) is 9.74. The lowest BCUT2D eigenvalue weighted by atomic mass is 9.89. The lowest BCUT2D eigenvalue weighted by Crippen LogP contribution is -2.49. The maximum absolute atomic E-state index is 13.3. The lowest BCUT2D eigenvalue weighted by molar-refractivity contribution is -0.119. The number of carbonyl (C=O) groups excluding carboxylic acids is 1. The Labute approximate surface area is 219 Å². The van der Waals surface area contributed by atoms with Gasteiger partial charge in [-0.2, -0.15) is 0 Å². The number of fused-ring (bicyclic) bond motifs is 1. The highest BCUT2D eigenvalue weighted by Crippen LogP contribution is 2.35. The molecule has 2 atom stereocenters. The van der Waals surface area contributed by atoms with Gasteiger partial charge >= 0.3 is 0 Å². The summed E-state index contributed by atoms with van der Waals surface area (Å²) in [6, 6.07) is 13.1. The van der Waals surface area contributed by atoms with Gasteiger partial charge in [-0.15, -0.1) is 0 Å². The van der Waals surface area contributed by atoms with Gasteiger partial charge in [0.15, 0.2) is 5.11 Å². The van der Waals surface area contributed by atoms with Gasteiger partial charge in [0.2, 0.25) is 6.17 Å². The summed E-state index contributed by atoms with van der Waals surface area (Å²) in [5, 5.41) is 8.47. The van der Waals surface area contributed by atoms with Crippen molar-refractivity contribution in [3.8, 4) is 0 Å². The second kappa shape index (κ2) is 10.9. The summed E-state index contributed by atoms with van der Waals surface area (Å²) >= 11 is 24.4. The summed E-state index contributed by atoms with van der Waals surface area (Å²) in [5.74, 6) is -0.416. The zero-order valence-electron chi connectivity index (χ0n) is 18.4. The maximum Gasteiger partial charge on any atom is 0.272 e. The number of benzodiazepines with no additional fused rings is 1. The molecule has 0 fully saturated rings. The Morgan fingerprint density at radius 3 is 2.74 bits per heavy atom. The number of thiocarbonyl (C=S) groups is 1. The van der Waals surface area contributed by atoms with Gasteiger partial charge in [0.1, 0.15) is 0 Å². The van der Waals surface area contributed by atoms with Crippen molar-refractivity contribution in [3.63, 3.8) is 0 Å². The minimum atomic E-state index is -0.910. The Bertz CT molecular complexity index is 1210. The van der Waals surface area contributed by atoms with E-state index in [0.29, 0.717) is 38.9 Å². The van der Waals surface area contributed by atoms with Crippen molar-refractivity contribution in [1.29, 1.82) is 0 Å². The number of likely N-dealkylation sites (N-methyl/N-ethyl adjacent to an activating group) is 1. The molecule has 2 N–H and O–H groups in total. The first kappa shape index (κ1) is 24.7. The van der Waals surface area contributed by atoms with Crippen LogP contribution in [0.2, 0.25) is 10.0 Å². The number of hydrogen-bond donors (Lipinski definition) is 2. The van der Waals surface area contributed by atoms with Gasteiger partial charge in [-0.05, 0) is 67.0 Å². The SMILES string of the molecule is CN1C(=O)C(NC(=S)NCCc2cccc(Cl)c2)N=C(C2CC=CC=C2Cl)c2cc(Cl)ccc21. The molecule has 2 aromatic carbocycles. The van der Waals surface area contributed by atoms with Crippen molar-refractivity contribution in [2.75, 3.05) is 18.5 Å². The number of amides is 1. The Kier molecular flexibility index (Phi) is 7.94. The topological polar surface area (TPSA) is 56.7 Å². The largest absolute Gasteiger partial charge is 0.362 e. The van der Waals surface area contributed by atoms with Gasteiger partial charge in [-0.25, -0.2) is 0 Å². The Hall–Kier alpha value is -2.38. The first-order chi connectivity index (χ1) is 16.3. The van der Waals surface area contributed by atoms with Gasteiger partial charge < -0.3 is 15.5 Å². The molecule has 0 saturated carbocycles. The molecule has 176 valence electrons. The van der Waals surface area contributed by atoms with E-state index in [1.165, 1.54) is 0 Å². The van der Waals surface area contributed by atoms with Crippen LogP contribution in [0.1, 0.15) is 17.5 Å². The molecule has 0 spiro atoms. The zero-order valence-corrected chi connectivity index (χ0v) is 21.5. The van der Waals surface area contributed by atoms with Crippen LogP contribution in [-0.4, -0.2) is 36.5 Å². The number of hydrogen-bond acceptors (Lipinski definition) is 3. The molecular formula is C25H23Cl3N4OS. The zero-order chi connectivity index (χ0) is 24.2. The molecule has 0 saturated heterocycles. The molecule has 0 bridgehead atoms. The Morgan fingerprint density at radius 1 is 1.18 bits per heavy atom. The summed E-state index contributed by atoms with van der Waals surface area (Å²) < 4.78 is 0. The molecule has 1 heterocycles. The molecule has 2 aliphatic rings. The average molecular weight is 534 g/mol. The first-order valence-corrected chi connectivity index (χ1v) is 12.3. The van der Waals surface area contributed by atoms with Crippen LogP contribution in [0.5, 0.6) is 0 Å². The van der Waals surface area contributed by atoms with Gasteiger partial charge in [-0.3, -0.25) is 9.79 Å². The number of halogens is 3. The molecule has 0 aromatic heterocycles. The van der Waals surface area contributed by atoms with E-state index >= 15 is 0 Å². The number of anilines is 1. The molecule has 5 nitrogen and oxygen atoms in total. The lowest BCUT2D eigenvalue weighted by Gasteiger charge is -2.22. The smallest absolute Gasteiger partial charge is 0.272 e. The third-order valence-electron chi connectivity index (χ3n) is 5.71. The van der Waals surface area contributed by atoms with Crippen molar-refractivity contribution in [2.45, 2.75) is 19.0 Å². The fraction of sp³-hybridized carbons (Fsp3) is 0.240. The van der Waals surface area contributed by atoms with E-state index < -0.39 is 6.17 Å².